The molecule has 0 aliphatic heterocycles. The molecule has 0 radical (unpaired) electrons. The van der Waals surface area contributed by atoms with E-state index in [9.17, 15) is 15.0 Å². The quantitative estimate of drug-likeness (QED) is 0.409. The Morgan fingerprint density at radius 2 is 1.00 bits per heavy atom. The largest absolute Gasteiger partial charge is 0.508 e. The molecule has 0 bridgehead atoms. The van der Waals surface area contributed by atoms with Gasteiger partial charge in [0.25, 0.3) is 0 Å². The van der Waals surface area contributed by atoms with Gasteiger partial charge in [-0.05, 0) is 112 Å². The first-order chi connectivity index (χ1) is 11.3. The van der Waals surface area contributed by atoms with Crippen LogP contribution in [0.4, 0.5) is 0 Å². The topological polar surface area (TPSA) is 57.5 Å². The van der Waals surface area contributed by atoms with E-state index in [4.69, 9.17) is 0 Å². The predicted octanol–water partition coefficient (Wildman–Crippen LogP) is 6.44. The third kappa shape index (κ3) is 5.05. The van der Waals surface area contributed by atoms with Gasteiger partial charge in [0, 0.05) is 29.0 Å². The van der Waals surface area contributed by atoms with Crippen LogP contribution in [0.2, 0.25) is 0 Å². The lowest BCUT2D eigenvalue weighted by Crippen LogP contribution is -1.87. The van der Waals surface area contributed by atoms with Gasteiger partial charge in [-0.15, -0.1) is 0 Å². The number of carbonyl (C=O) groups excluding carboxylic acids is 1. The third-order valence-electron chi connectivity index (χ3n) is 2.96. The summed E-state index contributed by atoms with van der Waals surface area (Å²) >= 11 is 13.4. The van der Waals surface area contributed by atoms with Crippen molar-refractivity contribution in [3.05, 3.63) is 65.4 Å². The number of benzene rings is 2. The number of hydrogen-bond donors (Lipinski definition) is 2. The maximum atomic E-state index is 12.0. The fourth-order valence-corrected chi connectivity index (χ4v) is 4.70. The number of halogens is 4. The van der Waals surface area contributed by atoms with Crippen LogP contribution in [0.1, 0.15) is 11.1 Å². The van der Waals surface area contributed by atoms with Gasteiger partial charge in [0.1, 0.15) is 11.5 Å². The zero-order chi connectivity index (χ0) is 17.9. The summed E-state index contributed by atoms with van der Waals surface area (Å²) < 4.78 is 2.69. The molecule has 2 rings (SSSR count). The number of ketones is 1. The molecule has 0 atom stereocenters. The van der Waals surface area contributed by atoms with Crippen LogP contribution in [-0.2, 0) is 4.79 Å². The van der Waals surface area contributed by atoms with Crippen molar-refractivity contribution in [2.75, 3.05) is 0 Å². The molecule has 0 aliphatic rings. The van der Waals surface area contributed by atoms with Crippen LogP contribution in [0.25, 0.3) is 12.2 Å². The molecular formula is C17H10Br4O3. The second kappa shape index (κ2) is 8.47. The molecule has 0 saturated heterocycles. The second-order valence-corrected chi connectivity index (χ2v) is 8.13. The van der Waals surface area contributed by atoms with Crippen LogP contribution in [0.5, 0.6) is 11.5 Å². The van der Waals surface area contributed by atoms with Crippen LogP contribution >= 0.6 is 63.7 Å². The molecule has 0 saturated carbocycles. The van der Waals surface area contributed by atoms with Gasteiger partial charge in [0.05, 0.1) is 0 Å². The van der Waals surface area contributed by atoms with Crippen molar-refractivity contribution in [3.63, 3.8) is 0 Å². The first-order valence-electron chi connectivity index (χ1n) is 6.54. The summed E-state index contributed by atoms with van der Waals surface area (Å²) in [5.41, 5.74) is 1.50. The Balaban J connectivity index is 2.20. The monoisotopic (exact) mass is 578 g/mol. The van der Waals surface area contributed by atoms with E-state index in [0.717, 1.165) is 11.1 Å². The lowest BCUT2D eigenvalue weighted by molar-refractivity contribution is -0.110. The minimum absolute atomic E-state index is 0.124. The smallest absolute Gasteiger partial charge is 0.178 e. The number of allylic oxidation sites excluding steroid dienone is 2. The van der Waals surface area contributed by atoms with Crippen molar-refractivity contribution in [2.45, 2.75) is 0 Å². The molecule has 0 aliphatic carbocycles. The zero-order valence-corrected chi connectivity index (χ0v) is 18.3. The molecule has 0 heterocycles. The molecule has 2 aromatic rings. The normalized spacial score (nSPS) is 11.5. The van der Waals surface area contributed by atoms with Crippen molar-refractivity contribution >= 4 is 81.7 Å². The summed E-state index contributed by atoms with van der Waals surface area (Å²) in [4.78, 5) is 12.0. The predicted molar refractivity (Wildman–Crippen MR) is 110 cm³/mol. The van der Waals surface area contributed by atoms with Crippen molar-refractivity contribution in [1.82, 2.24) is 0 Å². The number of phenols is 2. The van der Waals surface area contributed by atoms with Crippen LogP contribution in [0, 0.1) is 0 Å². The fourth-order valence-electron chi connectivity index (χ4n) is 1.85. The molecule has 2 aromatic carbocycles. The van der Waals surface area contributed by atoms with E-state index in [1.54, 1.807) is 36.4 Å². The number of aromatic hydroxyl groups is 2. The van der Waals surface area contributed by atoms with Crippen molar-refractivity contribution < 1.29 is 15.0 Å². The van der Waals surface area contributed by atoms with Gasteiger partial charge in [0.15, 0.2) is 5.78 Å². The highest BCUT2D eigenvalue weighted by Gasteiger charge is 2.06. The van der Waals surface area contributed by atoms with E-state index in [2.05, 4.69) is 63.7 Å². The minimum Gasteiger partial charge on any atom is -0.508 e. The fraction of sp³-hybridized carbons (Fsp3) is 0. The van der Waals surface area contributed by atoms with Crippen molar-refractivity contribution in [2.24, 2.45) is 0 Å². The third-order valence-corrected chi connectivity index (χ3v) is 5.58. The van der Waals surface area contributed by atoms with Gasteiger partial charge in [-0.1, -0.05) is 0 Å². The van der Waals surface area contributed by atoms with E-state index in [0.29, 0.717) is 17.9 Å². The minimum atomic E-state index is -0.200. The van der Waals surface area contributed by atoms with Crippen molar-refractivity contribution in [3.8, 4) is 11.5 Å². The summed E-state index contributed by atoms with van der Waals surface area (Å²) in [6.45, 7) is 0. The number of phenolic OH excluding ortho intramolecular Hbond substituents is 2. The Morgan fingerprint density at radius 1 is 0.708 bits per heavy atom. The molecule has 0 fully saturated rings. The van der Waals surface area contributed by atoms with Gasteiger partial charge in [-0.25, -0.2) is 0 Å². The Morgan fingerprint density at radius 3 is 1.29 bits per heavy atom. The summed E-state index contributed by atoms with van der Waals surface area (Å²) in [7, 11) is 0. The van der Waals surface area contributed by atoms with Crippen molar-refractivity contribution in [1.29, 1.82) is 0 Å². The maximum absolute atomic E-state index is 12.0. The lowest BCUT2D eigenvalue weighted by atomic mass is 10.1. The summed E-state index contributed by atoms with van der Waals surface area (Å²) in [5, 5.41) is 19.0. The molecular weight excluding hydrogens is 572 g/mol. The van der Waals surface area contributed by atoms with E-state index in [1.807, 2.05) is 0 Å². The van der Waals surface area contributed by atoms with E-state index >= 15 is 0 Å². The first kappa shape index (κ1) is 19.4. The first-order valence-corrected chi connectivity index (χ1v) is 9.71. The Kier molecular flexibility index (Phi) is 6.86. The van der Waals surface area contributed by atoms with Crippen LogP contribution < -0.4 is 0 Å². The average Bonchev–Trinajstić information content (AvgIpc) is 2.44. The summed E-state index contributed by atoms with van der Waals surface area (Å²) in [6, 6.07) is 6.20. The zero-order valence-electron chi connectivity index (χ0n) is 11.9. The van der Waals surface area contributed by atoms with Crippen LogP contribution in [0.3, 0.4) is 0 Å². The molecule has 0 spiro atoms. The molecule has 24 heavy (non-hydrogen) atoms. The standard InChI is InChI=1S/C17H10Br4O3/c18-14-5-10(23)6-15(19)12(14)3-1-9(22)2-4-13-16(20)7-11(24)8-17(13)21/h1-8,23-24H/b3-1+,4-2+. The maximum Gasteiger partial charge on any atom is 0.178 e. The SMILES string of the molecule is O=C(/C=C/c1c(Br)cc(O)cc1Br)/C=C/c1c(Br)cc(O)cc1Br. The molecule has 124 valence electrons. The molecule has 0 unspecified atom stereocenters. The highest BCUT2D eigenvalue weighted by Crippen LogP contribution is 2.32. The van der Waals surface area contributed by atoms with E-state index in [-0.39, 0.29) is 17.3 Å². The molecule has 3 nitrogen and oxygen atoms in total. The van der Waals surface area contributed by atoms with E-state index < -0.39 is 0 Å². The highest BCUT2D eigenvalue weighted by atomic mass is 79.9. The summed E-state index contributed by atoms with van der Waals surface area (Å²) in [6.07, 6.45) is 6.17. The second-order valence-electron chi connectivity index (χ2n) is 4.72. The van der Waals surface area contributed by atoms with Gasteiger partial charge < -0.3 is 10.2 Å². The van der Waals surface area contributed by atoms with Gasteiger partial charge in [0.2, 0.25) is 0 Å². The average molecular weight is 582 g/mol. The lowest BCUT2D eigenvalue weighted by Gasteiger charge is -2.03. The number of rotatable bonds is 4. The van der Waals surface area contributed by atoms with Gasteiger partial charge in [-0.2, -0.15) is 0 Å². The van der Waals surface area contributed by atoms with Gasteiger partial charge in [-0.3, -0.25) is 4.79 Å². The Labute approximate surface area is 172 Å². The molecule has 0 aromatic heterocycles. The van der Waals surface area contributed by atoms with Crippen LogP contribution in [-0.4, -0.2) is 16.0 Å². The molecule has 0 amide bonds. The molecule has 2 N–H and O–H groups in total. The van der Waals surface area contributed by atoms with Crippen LogP contribution in [0.15, 0.2) is 54.3 Å². The Hall–Kier alpha value is -0.890. The summed E-state index contributed by atoms with van der Waals surface area (Å²) in [5.74, 6) is 0.0482. The highest BCUT2D eigenvalue weighted by molar-refractivity contribution is 9.11. The number of hydrogen-bond acceptors (Lipinski definition) is 3. The Bertz CT molecular complexity index is 741. The van der Waals surface area contributed by atoms with Gasteiger partial charge >= 0.3 is 0 Å². The number of carbonyl (C=O) groups is 1. The molecule has 7 heteroatoms. The van der Waals surface area contributed by atoms with E-state index in [1.165, 1.54) is 12.2 Å².